The Hall–Kier alpha value is -11.4. The Labute approximate surface area is 602 Å². The lowest BCUT2D eigenvalue weighted by atomic mass is 10.1. The predicted octanol–water partition coefficient (Wildman–Crippen LogP) is 10.7. The maximum atomic E-state index is 9.70. The van der Waals surface area contributed by atoms with E-state index < -0.39 is 0 Å². The SMILES string of the molecule is C=C(N)N1CCCCC1.C=C(N)c1ccccc1.C=C(NO)c1ccccc1.CC.CC.CC.CC.CC.CN=C(C)N.CN=C(C)N.CN=C(N)N.CNC(C)=O.CON=C(N)N.NC(N)=Nc1ccccc1.NCc1ccccc1.Nc1nccc2ccccc12.[C-]#[N+]NC(C)=NC. The standard InChI is InChI=1S/C9H8N2.C8H9NO.C8H9N.C7H9N3.C7H14N2.C7H9N.C4H7N3.2C3H8N2.C3H7NO.C2H7N3O.C2H7N3.5C2H6/c10-9-8-4-2-1-3-7(8)5-6-11-9;1-7(9-10)8-5-3-2-4-6-8;1-7(9)8-5-3-2-4-6-8;8-7(9)10-6-4-2-1-3-5-6;1-7(8)9-5-3-2-4-6-9;8-6-7-4-2-1-3-5-7;1-4(5-2)7-6-3;2*1-3(4)5-2;1-3(5)4-2;1-6-5-2(3)4;1-5-2(3)4;5*1-2/h1-6H,(H2,10,11);2-6,9-10H,1H2;2-6H,1,9H2;1-5H,(H4,8,9,10);1-6,8H2;1-5H,6,8H2;1-2H3,(H,5,7);2*1-2H3,(H2,4,5);1-2H3,(H,4,5);1H3,(H4,3,4,5);1H3,(H4,3,4,5);5*1-2H3. The number of amides is 1. The number of rotatable bonds is 7. The van der Waals surface area contributed by atoms with Gasteiger partial charge in [0.2, 0.25) is 11.9 Å². The highest BCUT2D eigenvalue weighted by atomic mass is 16.6. The summed E-state index contributed by atoms with van der Waals surface area (Å²) in [6, 6.07) is 48.3. The normalized spacial score (nSPS) is 9.49. The number of para-hydroxylation sites is 1. The average molecular weight is 1390 g/mol. The Morgan fingerprint density at radius 3 is 1.21 bits per heavy atom. The van der Waals surface area contributed by atoms with Crippen molar-refractivity contribution in [2.24, 2.45) is 93.2 Å². The number of piperidine rings is 1. The average Bonchev–Trinajstić information content (AvgIpc) is 0.847. The maximum Gasteiger partial charge on any atom is 0.228 e. The number of benzene rings is 5. The van der Waals surface area contributed by atoms with Crippen molar-refractivity contribution in [1.82, 2.24) is 26.1 Å². The highest BCUT2D eigenvalue weighted by Crippen LogP contribution is 2.17. The molecule has 0 saturated carbocycles. The number of fused-ring (bicyclic) bond motifs is 1. The fourth-order valence-electron chi connectivity index (χ4n) is 5.18. The van der Waals surface area contributed by atoms with Gasteiger partial charge in [-0.2, -0.15) is 11.5 Å². The Morgan fingerprint density at radius 2 is 0.960 bits per heavy atom. The van der Waals surface area contributed by atoms with E-state index in [1.165, 1.54) is 45.9 Å². The number of nitrogens with two attached hydrogens (primary N) is 12. The fraction of sp³-hybridized carbons (Fsp3) is 0.356. The van der Waals surface area contributed by atoms with Gasteiger partial charge in [-0.3, -0.25) is 35.5 Å². The Bertz CT molecular complexity index is 2960. The molecule has 0 unspecified atom stereocenters. The molecule has 562 valence electrons. The van der Waals surface area contributed by atoms with Gasteiger partial charge in [-0.05, 0) is 85.5 Å². The predicted molar refractivity (Wildman–Crippen MR) is 437 cm³/mol. The summed E-state index contributed by atoms with van der Waals surface area (Å²) in [7, 11) is 9.47. The summed E-state index contributed by atoms with van der Waals surface area (Å²) >= 11 is 0. The number of nitrogen functional groups attached to an aromatic ring is 1. The number of hydrogen-bond donors (Lipinski definition) is 16. The Balaban J connectivity index is -0.000000110. The second-order valence-corrected chi connectivity index (χ2v) is 17.3. The van der Waals surface area contributed by atoms with Gasteiger partial charge in [-0.1, -0.05) is 228 Å². The van der Waals surface area contributed by atoms with Crippen LogP contribution in [0.4, 0.5) is 11.5 Å². The quantitative estimate of drug-likeness (QED) is 0.0305. The molecule has 0 aliphatic carbocycles. The molecule has 1 aromatic heterocycles. The van der Waals surface area contributed by atoms with Crippen molar-refractivity contribution >= 4 is 75.0 Å². The molecule has 28 N–H and O–H groups in total. The first-order valence-corrected chi connectivity index (χ1v) is 32.2. The van der Waals surface area contributed by atoms with Crippen molar-refractivity contribution in [3.05, 3.63) is 212 Å². The molecule has 6 aromatic rings. The summed E-state index contributed by atoms with van der Waals surface area (Å²) in [5.74, 6) is 3.40. The molecule has 27 nitrogen and oxygen atoms in total. The number of aromatic nitrogens is 1. The second kappa shape index (κ2) is 87.6. The minimum absolute atomic E-state index is 0.00463. The van der Waals surface area contributed by atoms with Crippen LogP contribution in [0.15, 0.2) is 214 Å². The molecule has 27 heteroatoms. The number of amidine groups is 3. The van der Waals surface area contributed by atoms with E-state index in [-0.39, 0.29) is 23.8 Å². The molecule has 7 rings (SSSR count). The van der Waals surface area contributed by atoms with Crippen LogP contribution in [0.25, 0.3) is 27.1 Å². The van der Waals surface area contributed by atoms with E-state index in [9.17, 15) is 4.79 Å². The highest BCUT2D eigenvalue weighted by molar-refractivity contribution is 5.90. The lowest BCUT2D eigenvalue weighted by Crippen LogP contribution is -2.31. The summed E-state index contributed by atoms with van der Waals surface area (Å²) in [6.07, 6.45) is 5.62. The van der Waals surface area contributed by atoms with Gasteiger partial charge >= 0.3 is 0 Å². The molecule has 1 aliphatic rings. The molecule has 0 spiro atoms. The largest absolute Gasteiger partial charge is 0.399 e. The zero-order valence-corrected chi connectivity index (χ0v) is 64.1. The third-order valence-corrected chi connectivity index (χ3v) is 10.0. The van der Waals surface area contributed by atoms with Crippen molar-refractivity contribution < 1.29 is 14.8 Å². The molecule has 1 amide bonds. The monoisotopic (exact) mass is 1390 g/mol. The van der Waals surface area contributed by atoms with Gasteiger partial charge in [0.05, 0.1) is 28.9 Å². The van der Waals surface area contributed by atoms with Gasteiger partial charge in [0, 0.05) is 79.1 Å². The topological polar surface area (TPSA) is 490 Å². The number of guanidine groups is 3. The molecule has 1 saturated heterocycles. The summed E-state index contributed by atoms with van der Waals surface area (Å²) < 4.78 is 0. The van der Waals surface area contributed by atoms with Crippen LogP contribution in [-0.4, -0.2) is 112 Å². The lowest BCUT2D eigenvalue weighted by Gasteiger charge is -2.27. The van der Waals surface area contributed by atoms with Gasteiger partial charge in [0.25, 0.3) is 0 Å². The van der Waals surface area contributed by atoms with Crippen LogP contribution < -0.4 is 85.0 Å². The smallest absolute Gasteiger partial charge is 0.228 e. The van der Waals surface area contributed by atoms with Gasteiger partial charge in [-0.25, -0.2) is 9.98 Å². The number of hydroxylamine groups is 1. The first-order valence-electron chi connectivity index (χ1n) is 32.2. The van der Waals surface area contributed by atoms with Crippen LogP contribution in [0.5, 0.6) is 0 Å². The van der Waals surface area contributed by atoms with Crippen LogP contribution in [-0.2, 0) is 16.2 Å². The van der Waals surface area contributed by atoms with Gasteiger partial charge in [-0.15, -0.1) is 0 Å². The number of hydrogen-bond acceptors (Lipinski definition) is 16. The van der Waals surface area contributed by atoms with Gasteiger partial charge in [0.1, 0.15) is 12.9 Å². The van der Waals surface area contributed by atoms with Crippen LogP contribution in [0.2, 0.25) is 0 Å². The van der Waals surface area contributed by atoms with E-state index >= 15 is 0 Å². The number of oxime groups is 1. The summed E-state index contributed by atoms with van der Waals surface area (Å²) in [4.78, 5) is 40.9. The molecular weight excluding hydrogens is 1260 g/mol. The molecule has 0 radical (unpaired) electrons. The maximum absolute atomic E-state index is 9.70. The van der Waals surface area contributed by atoms with E-state index in [1.54, 1.807) is 55.2 Å². The van der Waals surface area contributed by atoms with Crippen molar-refractivity contribution in [2.75, 3.05) is 61.2 Å². The number of aliphatic imine (C=N–C) groups is 5. The number of nitrogens with zero attached hydrogens (tertiary/aromatic N) is 9. The van der Waals surface area contributed by atoms with E-state index in [0.717, 1.165) is 46.5 Å². The first kappa shape index (κ1) is 110. The molecular formula is C73H132N24O3. The van der Waals surface area contributed by atoms with E-state index in [4.69, 9.17) is 80.6 Å². The Morgan fingerprint density at radius 1 is 0.580 bits per heavy atom. The first-order chi connectivity index (χ1) is 47.7. The lowest BCUT2D eigenvalue weighted by molar-refractivity contribution is -0.118. The molecule has 100 heavy (non-hydrogen) atoms. The molecule has 5 aromatic carbocycles. The number of pyridine rings is 1. The van der Waals surface area contributed by atoms with Crippen LogP contribution in [0.1, 0.15) is 133 Å². The minimum atomic E-state index is -0.0579. The molecule has 0 bridgehead atoms. The van der Waals surface area contributed by atoms with Crippen molar-refractivity contribution in [1.29, 1.82) is 0 Å². The minimum Gasteiger partial charge on any atom is -0.399 e. The van der Waals surface area contributed by atoms with Crippen LogP contribution in [0, 0.1) is 6.57 Å². The third-order valence-electron chi connectivity index (χ3n) is 10.0. The van der Waals surface area contributed by atoms with Gasteiger partial charge < -0.3 is 83.9 Å². The number of carbonyl (C=O) groups is 1. The van der Waals surface area contributed by atoms with E-state index in [1.807, 2.05) is 226 Å². The number of likely N-dealkylation sites (tertiary alicyclic amines) is 1. The van der Waals surface area contributed by atoms with Crippen LogP contribution >= 0.6 is 0 Å². The number of nitrogens with one attached hydrogen (secondary N) is 3. The molecule has 2 heterocycles. The van der Waals surface area contributed by atoms with Crippen molar-refractivity contribution in [3.63, 3.8) is 0 Å². The molecule has 1 fully saturated rings. The van der Waals surface area contributed by atoms with E-state index in [0.29, 0.717) is 41.3 Å². The fourth-order valence-corrected chi connectivity index (χ4v) is 5.18. The second-order valence-electron chi connectivity index (χ2n) is 17.3. The van der Waals surface area contributed by atoms with E-state index in [2.05, 4.69) is 80.3 Å². The van der Waals surface area contributed by atoms with Crippen molar-refractivity contribution in [3.8, 4) is 0 Å². The third kappa shape index (κ3) is 86.6. The Kier molecular flexibility index (Phi) is 96.5. The summed E-state index contributed by atoms with van der Waals surface area (Å²) in [6.45, 7) is 46.7. The molecule has 0 atom stereocenters. The zero-order chi connectivity index (χ0) is 79.5. The summed E-state index contributed by atoms with van der Waals surface area (Å²) in [5.41, 5.74) is 70.9. The summed E-state index contributed by atoms with van der Waals surface area (Å²) in [5, 5.41) is 16.1. The zero-order valence-electron chi connectivity index (χ0n) is 64.1. The number of carbonyl (C=O) groups excluding carboxylic acids is 1. The van der Waals surface area contributed by atoms with Gasteiger partial charge in [0.15, 0.2) is 17.8 Å². The van der Waals surface area contributed by atoms with Crippen molar-refractivity contribution in [2.45, 2.75) is 123 Å². The molecule has 1 aliphatic heterocycles. The van der Waals surface area contributed by atoms with Crippen LogP contribution in [0.3, 0.4) is 0 Å². The number of anilines is 1. The highest BCUT2D eigenvalue weighted by Gasteiger charge is 2.08.